The van der Waals surface area contributed by atoms with Gasteiger partial charge in [0.05, 0.1) is 6.61 Å². The third-order valence-corrected chi connectivity index (χ3v) is 3.28. The van der Waals surface area contributed by atoms with Crippen molar-refractivity contribution in [3.8, 4) is 0 Å². The highest BCUT2D eigenvalue weighted by atomic mass is 35.5. The molecule has 1 amide bonds. The van der Waals surface area contributed by atoms with E-state index in [0.29, 0.717) is 11.6 Å². The maximum atomic E-state index is 11.8. The van der Waals surface area contributed by atoms with E-state index in [-0.39, 0.29) is 12.5 Å². The number of amides is 1. The Morgan fingerprint density at radius 3 is 2.78 bits per heavy atom. The van der Waals surface area contributed by atoms with Gasteiger partial charge < -0.3 is 15.0 Å². The molecule has 1 heterocycles. The number of nitrogens with one attached hydrogen (secondary N) is 1. The van der Waals surface area contributed by atoms with E-state index in [0.717, 1.165) is 31.7 Å². The Balaban J connectivity index is 1.75. The first-order valence-corrected chi connectivity index (χ1v) is 6.45. The van der Waals surface area contributed by atoms with Crippen molar-refractivity contribution in [2.24, 2.45) is 0 Å². The van der Waals surface area contributed by atoms with Crippen molar-refractivity contribution in [3.63, 3.8) is 0 Å². The van der Waals surface area contributed by atoms with Gasteiger partial charge in [0, 0.05) is 31.2 Å². The minimum Gasteiger partial charge on any atom is -0.367 e. The molecule has 1 fully saturated rings. The van der Waals surface area contributed by atoms with E-state index in [1.165, 1.54) is 0 Å². The Bertz CT molecular complexity index is 406. The number of hydrogen-bond donors (Lipinski definition) is 1. The van der Waals surface area contributed by atoms with Gasteiger partial charge in [-0.1, -0.05) is 29.8 Å². The Kier molecular flexibility index (Phi) is 4.99. The molecule has 0 bridgehead atoms. The number of hydrogen-bond acceptors (Lipinski definition) is 3. The van der Waals surface area contributed by atoms with Crippen LogP contribution in [0.25, 0.3) is 0 Å². The minimum atomic E-state index is 0.0450. The third kappa shape index (κ3) is 3.70. The molecular formula is C13H17ClN2O2. The van der Waals surface area contributed by atoms with Crippen LogP contribution in [0.3, 0.4) is 0 Å². The van der Waals surface area contributed by atoms with E-state index in [4.69, 9.17) is 16.3 Å². The second-order valence-electron chi connectivity index (χ2n) is 4.21. The Hall–Kier alpha value is -1.10. The zero-order valence-corrected chi connectivity index (χ0v) is 10.9. The summed E-state index contributed by atoms with van der Waals surface area (Å²) >= 11 is 6.00. The Morgan fingerprint density at radius 2 is 2.06 bits per heavy atom. The molecule has 1 N–H and O–H groups in total. The largest absolute Gasteiger partial charge is 0.367 e. The molecule has 0 spiro atoms. The molecule has 0 aliphatic carbocycles. The highest BCUT2D eigenvalue weighted by molar-refractivity contribution is 6.31. The van der Waals surface area contributed by atoms with Crippen LogP contribution in [0.15, 0.2) is 24.3 Å². The van der Waals surface area contributed by atoms with Crippen LogP contribution in [0.2, 0.25) is 5.02 Å². The molecule has 98 valence electrons. The second kappa shape index (κ2) is 6.73. The molecule has 0 atom stereocenters. The lowest BCUT2D eigenvalue weighted by molar-refractivity contribution is -0.137. The number of ether oxygens (including phenoxy) is 1. The van der Waals surface area contributed by atoms with Crippen LogP contribution in [0.1, 0.15) is 5.56 Å². The molecule has 5 heteroatoms. The molecule has 0 saturated carbocycles. The van der Waals surface area contributed by atoms with Crippen LogP contribution in [0, 0.1) is 0 Å². The molecule has 18 heavy (non-hydrogen) atoms. The summed E-state index contributed by atoms with van der Waals surface area (Å²) in [5.41, 5.74) is 0.910. The van der Waals surface area contributed by atoms with Crippen molar-refractivity contribution >= 4 is 17.5 Å². The smallest absolute Gasteiger partial charge is 0.248 e. The van der Waals surface area contributed by atoms with E-state index in [1.54, 1.807) is 0 Å². The van der Waals surface area contributed by atoms with Gasteiger partial charge in [-0.2, -0.15) is 0 Å². The number of rotatable bonds is 4. The van der Waals surface area contributed by atoms with Crippen LogP contribution in [-0.4, -0.2) is 43.6 Å². The van der Waals surface area contributed by atoms with Crippen LogP contribution < -0.4 is 5.32 Å². The predicted molar refractivity (Wildman–Crippen MR) is 70.6 cm³/mol. The number of piperazine rings is 1. The SMILES string of the molecule is O=C(COCc1ccccc1Cl)N1CCNCC1. The Morgan fingerprint density at radius 1 is 1.33 bits per heavy atom. The lowest BCUT2D eigenvalue weighted by Gasteiger charge is -2.27. The average molecular weight is 269 g/mol. The first-order chi connectivity index (χ1) is 8.77. The molecule has 2 rings (SSSR count). The van der Waals surface area contributed by atoms with E-state index >= 15 is 0 Å². The minimum absolute atomic E-state index is 0.0450. The van der Waals surface area contributed by atoms with Gasteiger partial charge >= 0.3 is 0 Å². The zero-order valence-electron chi connectivity index (χ0n) is 10.2. The van der Waals surface area contributed by atoms with Crippen LogP contribution >= 0.6 is 11.6 Å². The van der Waals surface area contributed by atoms with Gasteiger partial charge in [-0.25, -0.2) is 0 Å². The molecule has 1 saturated heterocycles. The maximum Gasteiger partial charge on any atom is 0.248 e. The van der Waals surface area contributed by atoms with Crippen LogP contribution in [-0.2, 0) is 16.1 Å². The second-order valence-corrected chi connectivity index (χ2v) is 4.62. The van der Waals surface area contributed by atoms with Gasteiger partial charge in [-0.05, 0) is 11.6 Å². The van der Waals surface area contributed by atoms with Crippen molar-refractivity contribution < 1.29 is 9.53 Å². The van der Waals surface area contributed by atoms with E-state index < -0.39 is 0 Å². The number of halogens is 1. The average Bonchev–Trinajstić information content (AvgIpc) is 2.42. The van der Waals surface area contributed by atoms with Crippen LogP contribution in [0.5, 0.6) is 0 Å². The molecule has 1 aromatic carbocycles. The first kappa shape index (κ1) is 13.3. The molecule has 1 aliphatic rings. The Labute approximate surface area is 112 Å². The quantitative estimate of drug-likeness (QED) is 0.895. The monoisotopic (exact) mass is 268 g/mol. The lowest BCUT2D eigenvalue weighted by Crippen LogP contribution is -2.47. The summed E-state index contributed by atoms with van der Waals surface area (Å²) in [5.74, 6) is 0.0450. The molecule has 0 aromatic heterocycles. The number of nitrogens with zero attached hydrogens (tertiary/aromatic N) is 1. The lowest BCUT2D eigenvalue weighted by atomic mass is 10.2. The first-order valence-electron chi connectivity index (χ1n) is 6.07. The highest BCUT2D eigenvalue weighted by Gasteiger charge is 2.15. The van der Waals surface area contributed by atoms with E-state index in [9.17, 15) is 4.79 Å². The van der Waals surface area contributed by atoms with Crippen LogP contribution in [0.4, 0.5) is 0 Å². The van der Waals surface area contributed by atoms with Gasteiger partial charge in [-0.3, -0.25) is 4.79 Å². The summed E-state index contributed by atoms with van der Waals surface area (Å²) in [6, 6.07) is 7.50. The molecular weight excluding hydrogens is 252 g/mol. The number of benzene rings is 1. The predicted octanol–water partition coefficient (Wildman–Crippen LogP) is 1.29. The summed E-state index contributed by atoms with van der Waals surface area (Å²) in [6.07, 6.45) is 0. The summed E-state index contributed by atoms with van der Waals surface area (Å²) in [4.78, 5) is 13.6. The molecule has 1 aromatic rings. The van der Waals surface area contributed by atoms with Gasteiger partial charge in [0.1, 0.15) is 6.61 Å². The van der Waals surface area contributed by atoms with Gasteiger partial charge in [0.15, 0.2) is 0 Å². The normalized spacial score (nSPS) is 15.7. The van der Waals surface area contributed by atoms with Crippen molar-refractivity contribution in [1.82, 2.24) is 10.2 Å². The summed E-state index contributed by atoms with van der Waals surface area (Å²) in [7, 11) is 0. The summed E-state index contributed by atoms with van der Waals surface area (Å²) in [5, 5.41) is 3.88. The number of carbonyl (C=O) groups is 1. The van der Waals surface area contributed by atoms with Gasteiger partial charge in [0.2, 0.25) is 5.91 Å². The zero-order chi connectivity index (χ0) is 12.8. The number of carbonyl (C=O) groups excluding carboxylic acids is 1. The molecule has 1 aliphatic heterocycles. The fourth-order valence-corrected chi connectivity index (χ4v) is 2.06. The van der Waals surface area contributed by atoms with Crippen molar-refractivity contribution in [3.05, 3.63) is 34.9 Å². The van der Waals surface area contributed by atoms with Crippen molar-refractivity contribution in [1.29, 1.82) is 0 Å². The molecule has 0 radical (unpaired) electrons. The molecule has 4 nitrogen and oxygen atoms in total. The molecule has 0 unspecified atom stereocenters. The van der Waals surface area contributed by atoms with E-state index in [1.807, 2.05) is 29.2 Å². The van der Waals surface area contributed by atoms with Crippen molar-refractivity contribution in [2.45, 2.75) is 6.61 Å². The third-order valence-electron chi connectivity index (χ3n) is 2.91. The fraction of sp³-hybridized carbons (Fsp3) is 0.462. The topological polar surface area (TPSA) is 41.6 Å². The highest BCUT2D eigenvalue weighted by Crippen LogP contribution is 2.15. The standard InChI is InChI=1S/C13H17ClN2O2/c14-12-4-2-1-3-11(12)9-18-10-13(17)16-7-5-15-6-8-16/h1-4,15H,5-10H2. The summed E-state index contributed by atoms with van der Waals surface area (Å²) in [6.45, 7) is 3.72. The van der Waals surface area contributed by atoms with Gasteiger partial charge in [-0.15, -0.1) is 0 Å². The summed E-state index contributed by atoms with van der Waals surface area (Å²) < 4.78 is 5.42. The van der Waals surface area contributed by atoms with E-state index in [2.05, 4.69) is 5.32 Å². The van der Waals surface area contributed by atoms with Crippen molar-refractivity contribution in [2.75, 3.05) is 32.8 Å². The fourth-order valence-electron chi connectivity index (χ4n) is 1.87. The maximum absolute atomic E-state index is 11.8. The van der Waals surface area contributed by atoms with Gasteiger partial charge in [0.25, 0.3) is 0 Å².